The molecule has 0 aliphatic carbocycles. The van der Waals surface area contributed by atoms with Crippen molar-refractivity contribution in [2.45, 2.75) is 6.42 Å². The number of ether oxygens (including phenoxy) is 3. The first kappa shape index (κ1) is 11.7. The van der Waals surface area contributed by atoms with Crippen LogP contribution in [0.2, 0.25) is 0 Å². The van der Waals surface area contributed by atoms with E-state index in [0.29, 0.717) is 24.7 Å². The third-order valence-corrected chi connectivity index (χ3v) is 1.90. The van der Waals surface area contributed by atoms with Crippen molar-refractivity contribution in [3.05, 3.63) is 18.2 Å². The minimum atomic E-state index is 0.612. The Morgan fingerprint density at radius 1 is 1.07 bits per heavy atom. The molecule has 0 radical (unpaired) electrons. The quantitative estimate of drug-likeness (QED) is 0.574. The molecule has 0 fully saturated rings. The van der Waals surface area contributed by atoms with Crippen LogP contribution in [0, 0.1) is 0 Å². The third kappa shape index (κ3) is 4.08. The summed E-state index contributed by atoms with van der Waals surface area (Å²) >= 11 is 0. The van der Waals surface area contributed by atoms with Gasteiger partial charge in [-0.2, -0.15) is 0 Å². The lowest BCUT2D eigenvalue weighted by Crippen LogP contribution is -2.02. The van der Waals surface area contributed by atoms with E-state index in [1.54, 1.807) is 26.4 Å². The Balaban J connectivity index is 2.49. The van der Waals surface area contributed by atoms with Crippen molar-refractivity contribution < 1.29 is 14.2 Å². The average molecular weight is 211 g/mol. The summed E-state index contributed by atoms with van der Waals surface area (Å²) in [5, 5.41) is 0. The van der Waals surface area contributed by atoms with Crippen LogP contribution in [0.1, 0.15) is 6.42 Å². The van der Waals surface area contributed by atoms with Gasteiger partial charge >= 0.3 is 0 Å². The molecule has 1 aromatic carbocycles. The maximum Gasteiger partial charge on any atom is 0.125 e. The van der Waals surface area contributed by atoms with Crippen molar-refractivity contribution in [1.82, 2.24) is 0 Å². The smallest absolute Gasteiger partial charge is 0.125 e. The van der Waals surface area contributed by atoms with Gasteiger partial charge in [-0.25, -0.2) is 0 Å². The van der Waals surface area contributed by atoms with Crippen molar-refractivity contribution in [1.29, 1.82) is 0 Å². The Bertz CT molecular complexity index is 302. The molecule has 0 saturated carbocycles. The van der Waals surface area contributed by atoms with E-state index in [1.807, 2.05) is 6.07 Å². The van der Waals surface area contributed by atoms with Crippen molar-refractivity contribution >= 4 is 5.69 Å². The molecular formula is C11H17NO3. The van der Waals surface area contributed by atoms with Crippen LogP contribution >= 0.6 is 0 Å². The van der Waals surface area contributed by atoms with E-state index in [4.69, 9.17) is 19.9 Å². The monoisotopic (exact) mass is 211 g/mol. The van der Waals surface area contributed by atoms with Gasteiger partial charge < -0.3 is 19.9 Å². The molecular weight excluding hydrogens is 194 g/mol. The summed E-state index contributed by atoms with van der Waals surface area (Å²) < 4.78 is 15.5. The molecule has 0 saturated heterocycles. The topological polar surface area (TPSA) is 53.7 Å². The summed E-state index contributed by atoms with van der Waals surface area (Å²) in [6.07, 6.45) is 0.855. The molecule has 0 bridgehead atoms. The maximum atomic E-state index is 5.68. The predicted octanol–water partition coefficient (Wildman–Crippen LogP) is 1.69. The molecule has 0 aliphatic rings. The molecule has 4 nitrogen and oxygen atoms in total. The normalized spacial score (nSPS) is 10.0. The number of anilines is 1. The second-order valence-corrected chi connectivity index (χ2v) is 3.14. The van der Waals surface area contributed by atoms with Crippen LogP contribution in [-0.2, 0) is 4.74 Å². The maximum absolute atomic E-state index is 5.68. The largest absolute Gasteiger partial charge is 0.497 e. The highest BCUT2D eigenvalue weighted by Gasteiger charge is 1.99. The van der Waals surface area contributed by atoms with E-state index < -0.39 is 0 Å². The van der Waals surface area contributed by atoms with Crippen LogP contribution in [0.25, 0.3) is 0 Å². The minimum absolute atomic E-state index is 0.612. The average Bonchev–Trinajstić information content (AvgIpc) is 2.23. The summed E-state index contributed by atoms with van der Waals surface area (Å²) in [5.74, 6) is 1.43. The van der Waals surface area contributed by atoms with Crippen molar-refractivity contribution in [2.24, 2.45) is 0 Å². The van der Waals surface area contributed by atoms with Crippen LogP contribution < -0.4 is 15.2 Å². The van der Waals surface area contributed by atoms with E-state index in [2.05, 4.69) is 0 Å². The number of benzene rings is 1. The zero-order valence-electron chi connectivity index (χ0n) is 9.16. The minimum Gasteiger partial charge on any atom is -0.497 e. The van der Waals surface area contributed by atoms with Gasteiger partial charge in [0.25, 0.3) is 0 Å². The van der Waals surface area contributed by atoms with E-state index >= 15 is 0 Å². The Morgan fingerprint density at radius 3 is 2.47 bits per heavy atom. The number of hydrogen-bond acceptors (Lipinski definition) is 4. The fraction of sp³-hybridized carbons (Fsp3) is 0.455. The molecule has 0 aromatic heterocycles. The van der Waals surface area contributed by atoms with Gasteiger partial charge in [-0.3, -0.25) is 0 Å². The number of methoxy groups -OCH3 is 2. The zero-order chi connectivity index (χ0) is 11.1. The summed E-state index contributed by atoms with van der Waals surface area (Å²) in [5.41, 5.74) is 6.32. The second-order valence-electron chi connectivity index (χ2n) is 3.14. The van der Waals surface area contributed by atoms with Crippen molar-refractivity contribution in [3.63, 3.8) is 0 Å². The highest BCUT2D eigenvalue weighted by Crippen LogP contribution is 2.23. The van der Waals surface area contributed by atoms with Gasteiger partial charge in [0, 0.05) is 44.0 Å². The van der Waals surface area contributed by atoms with Crippen molar-refractivity contribution in [2.75, 3.05) is 33.2 Å². The molecule has 0 amide bonds. The fourth-order valence-corrected chi connectivity index (χ4v) is 1.19. The summed E-state index contributed by atoms with van der Waals surface area (Å²) in [6, 6.07) is 5.33. The molecule has 1 rings (SSSR count). The lowest BCUT2D eigenvalue weighted by molar-refractivity contribution is 0.172. The van der Waals surface area contributed by atoms with Gasteiger partial charge in [0.15, 0.2) is 0 Å². The molecule has 0 aliphatic heterocycles. The Morgan fingerprint density at radius 2 is 1.80 bits per heavy atom. The highest BCUT2D eigenvalue weighted by molar-refractivity contribution is 5.50. The van der Waals surface area contributed by atoms with Gasteiger partial charge in [-0.15, -0.1) is 0 Å². The SMILES string of the molecule is COCCCOc1cc(N)cc(OC)c1. The van der Waals surface area contributed by atoms with Gasteiger partial charge in [0.2, 0.25) is 0 Å². The summed E-state index contributed by atoms with van der Waals surface area (Å²) in [4.78, 5) is 0. The molecule has 0 unspecified atom stereocenters. The predicted molar refractivity (Wildman–Crippen MR) is 59.4 cm³/mol. The molecule has 15 heavy (non-hydrogen) atoms. The molecule has 1 aromatic rings. The number of nitrogen functional groups attached to an aromatic ring is 1. The molecule has 0 spiro atoms. The second kappa shape index (κ2) is 6.14. The van der Waals surface area contributed by atoms with E-state index in [-0.39, 0.29) is 0 Å². The lowest BCUT2D eigenvalue weighted by atomic mass is 10.3. The van der Waals surface area contributed by atoms with E-state index in [9.17, 15) is 0 Å². The van der Waals surface area contributed by atoms with Crippen LogP contribution in [0.5, 0.6) is 11.5 Å². The van der Waals surface area contributed by atoms with Crippen LogP contribution in [-0.4, -0.2) is 27.4 Å². The number of rotatable bonds is 6. The highest BCUT2D eigenvalue weighted by atomic mass is 16.5. The summed E-state index contributed by atoms with van der Waals surface area (Å²) in [6.45, 7) is 1.31. The number of nitrogens with two attached hydrogens (primary N) is 1. The molecule has 4 heteroatoms. The molecule has 2 N–H and O–H groups in total. The van der Waals surface area contributed by atoms with Crippen LogP contribution in [0.4, 0.5) is 5.69 Å². The first-order valence-corrected chi connectivity index (χ1v) is 4.82. The van der Waals surface area contributed by atoms with Gasteiger partial charge in [-0.05, 0) is 0 Å². The van der Waals surface area contributed by atoms with Gasteiger partial charge in [0.1, 0.15) is 11.5 Å². The summed E-state index contributed by atoms with van der Waals surface area (Å²) in [7, 11) is 3.27. The Kier molecular flexibility index (Phi) is 4.77. The first-order valence-electron chi connectivity index (χ1n) is 4.82. The fourth-order valence-electron chi connectivity index (χ4n) is 1.19. The molecule has 0 heterocycles. The first-order chi connectivity index (χ1) is 7.26. The van der Waals surface area contributed by atoms with Gasteiger partial charge in [0.05, 0.1) is 13.7 Å². The third-order valence-electron chi connectivity index (χ3n) is 1.90. The standard InChI is InChI=1S/C11H17NO3/c1-13-4-3-5-15-11-7-9(12)6-10(8-11)14-2/h6-8H,3-5,12H2,1-2H3. The lowest BCUT2D eigenvalue weighted by Gasteiger charge is -2.08. The number of hydrogen-bond donors (Lipinski definition) is 1. The van der Waals surface area contributed by atoms with E-state index in [1.165, 1.54) is 0 Å². The van der Waals surface area contributed by atoms with Crippen LogP contribution in [0.3, 0.4) is 0 Å². The van der Waals surface area contributed by atoms with Gasteiger partial charge in [-0.1, -0.05) is 0 Å². The van der Waals surface area contributed by atoms with Crippen molar-refractivity contribution in [3.8, 4) is 11.5 Å². The van der Waals surface area contributed by atoms with Crippen LogP contribution in [0.15, 0.2) is 18.2 Å². The zero-order valence-corrected chi connectivity index (χ0v) is 9.16. The molecule has 0 atom stereocenters. The Labute approximate surface area is 89.9 Å². The molecule has 84 valence electrons. The van der Waals surface area contributed by atoms with E-state index in [0.717, 1.165) is 12.2 Å². The Hall–Kier alpha value is -1.42.